The molecule has 94 valence electrons. The summed E-state index contributed by atoms with van der Waals surface area (Å²) in [5, 5.41) is 5.96. The zero-order valence-corrected chi connectivity index (χ0v) is 11.3. The number of thioether (sulfide) groups is 1. The number of benzene rings is 1. The molecular weight excluding hydrogens is 232 g/mol. The monoisotopic (exact) mass is 252 g/mol. The summed E-state index contributed by atoms with van der Waals surface area (Å²) in [7, 11) is 0. The Morgan fingerprint density at radius 3 is 2.59 bits per heavy atom. The van der Waals surface area contributed by atoms with E-state index in [1.54, 1.807) is 11.8 Å². The standard InChI is InChI=1S/C13H20N2OS/c1-3-8-15-13(16)10-14-9-11-4-6-12(17-2)7-5-11/h4-7,14H,3,8-10H2,1-2H3,(H,15,16). The van der Waals surface area contributed by atoms with E-state index in [0.717, 1.165) is 19.5 Å². The molecule has 0 aliphatic heterocycles. The van der Waals surface area contributed by atoms with Gasteiger partial charge in [0.05, 0.1) is 6.54 Å². The average Bonchev–Trinajstić information content (AvgIpc) is 2.37. The van der Waals surface area contributed by atoms with Gasteiger partial charge in [-0.15, -0.1) is 11.8 Å². The maximum Gasteiger partial charge on any atom is 0.233 e. The van der Waals surface area contributed by atoms with Gasteiger partial charge in [-0.1, -0.05) is 19.1 Å². The van der Waals surface area contributed by atoms with Crippen LogP contribution in [0.5, 0.6) is 0 Å². The second-order valence-electron chi connectivity index (χ2n) is 3.80. The quantitative estimate of drug-likeness (QED) is 0.730. The predicted octanol–water partition coefficient (Wildman–Crippen LogP) is 2.02. The van der Waals surface area contributed by atoms with Crippen LogP contribution in [0.25, 0.3) is 0 Å². The number of hydrogen-bond acceptors (Lipinski definition) is 3. The summed E-state index contributed by atoms with van der Waals surface area (Å²) in [5.41, 5.74) is 1.20. The first-order valence-electron chi connectivity index (χ1n) is 5.86. The van der Waals surface area contributed by atoms with Crippen LogP contribution in [-0.4, -0.2) is 25.3 Å². The van der Waals surface area contributed by atoms with Gasteiger partial charge in [-0.2, -0.15) is 0 Å². The third-order valence-corrected chi connectivity index (χ3v) is 3.09. The van der Waals surface area contributed by atoms with Gasteiger partial charge in [0, 0.05) is 18.0 Å². The van der Waals surface area contributed by atoms with E-state index >= 15 is 0 Å². The summed E-state index contributed by atoms with van der Waals surface area (Å²) in [5.74, 6) is 0.0626. The molecule has 2 N–H and O–H groups in total. The smallest absolute Gasteiger partial charge is 0.233 e. The average molecular weight is 252 g/mol. The number of carbonyl (C=O) groups is 1. The van der Waals surface area contributed by atoms with Gasteiger partial charge in [-0.25, -0.2) is 0 Å². The highest BCUT2D eigenvalue weighted by atomic mass is 32.2. The van der Waals surface area contributed by atoms with Crippen LogP contribution < -0.4 is 10.6 Å². The molecule has 4 heteroatoms. The highest BCUT2D eigenvalue weighted by Crippen LogP contribution is 2.14. The molecule has 0 fully saturated rings. The molecule has 0 aliphatic rings. The van der Waals surface area contributed by atoms with E-state index in [1.165, 1.54) is 10.5 Å². The molecule has 0 saturated carbocycles. The topological polar surface area (TPSA) is 41.1 Å². The van der Waals surface area contributed by atoms with E-state index in [4.69, 9.17) is 0 Å². The molecule has 0 heterocycles. The van der Waals surface area contributed by atoms with E-state index in [-0.39, 0.29) is 5.91 Å². The first-order chi connectivity index (χ1) is 8.26. The lowest BCUT2D eigenvalue weighted by Crippen LogP contribution is -2.33. The van der Waals surface area contributed by atoms with Crippen molar-refractivity contribution in [2.75, 3.05) is 19.3 Å². The molecule has 17 heavy (non-hydrogen) atoms. The molecule has 0 unspecified atom stereocenters. The van der Waals surface area contributed by atoms with Crippen LogP contribution >= 0.6 is 11.8 Å². The molecule has 0 spiro atoms. The van der Waals surface area contributed by atoms with E-state index < -0.39 is 0 Å². The molecule has 3 nitrogen and oxygen atoms in total. The lowest BCUT2D eigenvalue weighted by Gasteiger charge is -2.06. The Morgan fingerprint density at radius 2 is 2.00 bits per heavy atom. The first kappa shape index (κ1) is 14.1. The fourth-order valence-corrected chi connectivity index (χ4v) is 1.80. The molecule has 0 bridgehead atoms. The minimum absolute atomic E-state index is 0.0626. The Morgan fingerprint density at radius 1 is 1.29 bits per heavy atom. The van der Waals surface area contributed by atoms with Crippen molar-refractivity contribution in [2.24, 2.45) is 0 Å². The summed E-state index contributed by atoms with van der Waals surface area (Å²) in [6.07, 6.45) is 3.03. The van der Waals surface area contributed by atoms with Gasteiger partial charge in [0.2, 0.25) is 5.91 Å². The van der Waals surface area contributed by atoms with Crippen LogP contribution in [-0.2, 0) is 11.3 Å². The van der Waals surface area contributed by atoms with Crippen molar-refractivity contribution in [3.63, 3.8) is 0 Å². The Kier molecular flexibility index (Phi) is 6.74. The molecule has 0 aromatic heterocycles. The van der Waals surface area contributed by atoms with Gasteiger partial charge in [-0.3, -0.25) is 4.79 Å². The van der Waals surface area contributed by atoms with Crippen LogP contribution in [0, 0.1) is 0 Å². The van der Waals surface area contributed by atoms with Crippen molar-refractivity contribution >= 4 is 17.7 Å². The van der Waals surface area contributed by atoms with Crippen molar-refractivity contribution in [2.45, 2.75) is 24.8 Å². The Bertz CT molecular complexity index is 338. The Hall–Kier alpha value is -1.00. The maximum atomic E-state index is 11.3. The van der Waals surface area contributed by atoms with Crippen LogP contribution in [0.1, 0.15) is 18.9 Å². The van der Waals surface area contributed by atoms with Crippen LogP contribution in [0.15, 0.2) is 29.2 Å². The van der Waals surface area contributed by atoms with Crippen LogP contribution in [0.4, 0.5) is 0 Å². The van der Waals surface area contributed by atoms with Crippen molar-refractivity contribution in [1.29, 1.82) is 0 Å². The number of hydrogen-bond donors (Lipinski definition) is 2. The number of amides is 1. The normalized spacial score (nSPS) is 10.2. The molecular formula is C13H20N2OS. The molecule has 1 aromatic carbocycles. The van der Waals surface area contributed by atoms with Gasteiger partial charge in [-0.05, 0) is 30.4 Å². The first-order valence-corrected chi connectivity index (χ1v) is 7.09. The largest absolute Gasteiger partial charge is 0.355 e. The number of carbonyl (C=O) groups excluding carboxylic acids is 1. The lowest BCUT2D eigenvalue weighted by atomic mass is 10.2. The number of rotatable bonds is 7. The molecule has 0 aliphatic carbocycles. The summed E-state index contributed by atoms with van der Waals surface area (Å²) in [6, 6.07) is 8.36. The summed E-state index contributed by atoms with van der Waals surface area (Å²) < 4.78 is 0. The second kappa shape index (κ2) is 8.14. The van der Waals surface area contributed by atoms with E-state index in [1.807, 2.05) is 6.92 Å². The van der Waals surface area contributed by atoms with Crippen molar-refractivity contribution in [3.8, 4) is 0 Å². The van der Waals surface area contributed by atoms with Crippen LogP contribution in [0.3, 0.4) is 0 Å². The third-order valence-electron chi connectivity index (χ3n) is 2.35. The Balaban J connectivity index is 2.23. The van der Waals surface area contributed by atoms with Gasteiger partial charge < -0.3 is 10.6 Å². The van der Waals surface area contributed by atoms with Gasteiger partial charge >= 0.3 is 0 Å². The zero-order valence-electron chi connectivity index (χ0n) is 10.5. The fourth-order valence-electron chi connectivity index (χ4n) is 1.39. The highest BCUT2D eigenvalue weighted by Gasteiger charge is 1.99. The lowest BCUT2D eigenvalue weighted by molar-refractivity contribution is -0.120. The predicted molar refractivity (Wildman–Crippen MR) is 73.2 cm³/mol. The molecule has 0 radical (unpaired) electrons. The second-order valence-corrected chi connectivity index (χ2v) is 4.68. The van der Waals surface area contributed by atoms with E-state index in [9.17, 15) is 4.79 Å². The molecule has 1 amide bonds. The summed E-state index contributed by atoms with van der Waals surface area (Å²) >= 11 is 1.73. The van der Waals surface area contributed by atoms with Crippen LogP contribution in [0.2, 0.25) is 0 Å². The minimum atomic E-state index is 0.0626. The van der Waals surface area contributed by atoms with Crippen molar-refractivity contribution < 1.29 is 4.79 Å². The summed E-state index contributed by atoms with van der Waals surface area (Å²) in [4.78, 5) is 12.6. The molecule has 0 atom stereocenters. The van der Waals surface area contributed by atoms with E-state index in [0.29, 0.717) is 6.54 Å². The minimum Gasteiger partial charge on any atom is -0.355 e. The molecule has 1 rings (SSSR count). The summed E-state index contributed by atoms with van der Waals surface area (Å²) in [6.45, 7) is 3.91. The third kappa shape index (κ3) is 5.75. The highest BCUT2D eigenvalue weighted by molar-refractivity contribution is 7.98. The van der Waals surface area contributed by atoms with Crippen molar-refractivity contribution in [3.05, 3.63) is 29.8 Å². The Labute approximate surface area is 107 Å². The maximum absolute atomic E-state index is 11.3. The van der Waals surface area contributed by atoms with Gasteiger partial charge in [0.15, 0.2) is 0 Å². The fraction of sp³-hybridized carbons (Fsp3) is 0.462. The number of nitrogens with one attached hydrogen (secondary N) is 2. The van der Waals surface area contributed by atoms with E-state index in [2.05, 4.69) is 41.2 Å². The van der Waals surface area contributed by atoms with Gasteiger partial charge in [0.25, 0.3) is 0 Å². The van der Waals surface area contributed by atoms with Gasteiger partial charge in [0.1, 0.15) is 0 Å². The molecule has 1 aromatic rings. The SMILES string of the molecule is CCCNC(=O)CNCc1ccc(SC)cc1. The van der Waals surface area contributed by atoms with Crippen molar-refractivity contribution in [1.82, 2.24) is 10.6 Å². The molecule has 0 saturated heterocycles. The zero-order chi connectivity index (χ0) is 12.5.